The first kappa shape index (κ1) is 18.3. The van der Waals surface area contributed by atoms with Crippen molar-refractivity contribution in [3.63, 3.8) is 0 Å². The van der Waals surface area contributed by atoms with E-state index in [4.69, 9.17) is 14.2 Å². The quantitative estimate of drug-likeness (QED) is 0.813. The Morgan fingerprint density at radius 1 is 1.04 bits per heavy atom. The number of ether oxygens (including phenoxy) is 3. The monoisotopic (exact) mass is 347 g/mol. The molecule has 0 aromatic heterocycles. The summed E-state index contributed by atoms with van der Waals surface area (Å²) >= 11 is 0. The molecule has 0 heterocycles. The zero-order valence-corrected chi connectivity index (χ0v) is 14.0. The highest BCUT2D eigenvalue weighted by atomic mass is 19.1. The van der Waals surface area contributed by atoms with E-state index < -0.39 is 23.8 Å². The van der Waals surface area contributed by atoms with Crippen molar-refractivity contribution in [2.75, 3.05) is 19.5 Å². The molecule has 0 aliphatic carbocycles. The fourth-order valence-electron chi connectivity index (χ4n) is 2.06. The molecular weight excluding hydrogens is 329 g/mol. The van der Waals surface area contributed by atoms with Gasteiger partial charge in [-0.05, 0) is 37.3 Å². The minimum Gasteiger partial charge on any atom is -0.495 e. The number of carbonyl (C=O) groups excluding carboxylic acids is 2. The van der Waals surface area contributed by atoms with Crippen LogP contribution in [0.1, 0.15) is 17.3 Å². The number of carbonyl (C=O) groups is 2. The summed E-state index contributed by atoms with van der Waals surface area (Å²) in [6, 6.07) is 10.5. The molecule has 0 aliphatic rings. The molecule has 0 spiro atoms. The Balaban J connectivity index is 2.03. The normalized spacial score (nSPS) is 11.4. The largest absolute Gasteiger partial charge is 0.495 e. The van der Waals surface area contributed by atoms with Crippen LogP contribution in [0.4, 0.5) is 10.1 Å². The van der Waals surface area contributed by atoms with Crippen molar-refractivity contribution in [3.05, 3.63) is 53.8 Å². The smallest absolute Gasteiger partial charge is 0.339 e. The molecule has 0 bridgehead atoms. The Bertz CT molecular complexity index is 778. The highest BCUT2D eigenvalue weighted by Crippen LogP contribution is 2.23. The van der Waals surface area contributed by atoms with Crippen molar-refractivity contribution in [1.29, 1.82) is 0 Å². The highest BCUT2D eigenvalue weighted by Gasteiger charge is 2.21. The minimum absolute atomic E-state index is 0.0125. The number of anilines is 1. The first-order valence-corrected chi connectivity index (χ1v) is 7.44. The number of amides is 1. The fraction of sp³-hybridized carbons (Fsp3) is 0.222. The third-order valence-corrected chi connectivity index (χ3v) is 3.41. The molecular formula is C18H18FNO5. The zero-order chi connectivity index (χ0) is 18.4. The van der Waals surface area contributed by atoms with Crippen LogP contribution in [-0.2, 0) is 9.53 Å². The lowest BCUT2D eigenvalue weighted by molar-refractivity contribution is -0.123. The van der Waals surface area contributed by atoms with Crippen molar-refractivity contribution < 1.29 is 28.2 Å². The number of hydrogen-bond acceptors (Lipinski definition) is 5. The first-order valence-electron chi connectivity index (χ1n) is 7.44. The summed E-state index contributed by atoms with van der Waals surface area (Å²) in [7, 11) is 2.80. The Hall–Kier alpha value is -3.09. The molecule has 1 amide bonds. The minimum atomic E-state index is -1.08. The highest BCUT2D eigenvalue weighted by molar-refractivity contribution is 5.98. The Kier molecular flexibility index (Phi) is 5.94. The second kappa shape index (κ2) is 8.14. The van der Waals surface area contributed by atoms with E-state index in [1.165, 1.54) is 33.3 Å². The summed E-state index contributed by atoms with van der Waals surface area (Å²) in [6.07, 6.45) is -1.08. The standard InChI is InChI=1S/C18H18FNO5/c1-11(17(21)20-14-6-4-5-7-16(14)24-3)25-18(22)12-8-9-15(23-2)13(19)10-12/h4-11H,1-3H3,(H,20,21)/t11-/m0/s1. The summed E-state index contributed by atoms with van der Waals surface area (Å²) in [6.45, 7) is 1.42. The average molecular weight is 347 g/mol. The third-order valence-electron chi connectivity index (χ3n) is 3.41. The summed E-state index contributed by atoms with van der Waals surface area (Å²) in [5.41, 5.74) is 0.434. The lowest BCUT2D eigenvalue weighted by Crippen LogP contribution is -2.30. The fourth-order valence-corrected chi connectivity index (χ4v) is 2.06. The SMILES string of the molecule is COc1ccc(C(=O)O[C@@H](C)C(=O)Nc2ccccc2OC)cc1F. The van der Waals surface area contributed by atoms with E-state index in [2.05, 4.69) is 5.32 Å². The number of rotatable bonds is 6. The molecule has 132 valence electrons. The summed E-state index contributed by atoms with van der Waals surface area (Å²) in [5.74, 6) is -1.55. The number of halogens is 1. The molecule has 0 saturated carbocycles. The third kappa shape index (κ3) is 4.47. The maximum absolute atomic E-state index is 13.7. The first-order chi connectivity index (χ1) is 12.0. The van der Waals surface area contributed by atoms with E-state index in [1.807, 2.05) is 0 Å². The lowest BCUT2D eigenvalue weighted by atomic mass is 10.2. The second-order valence-electron chi connectivity index (χ2n) is 5.09. The van der Waals surface area contributed by atoms with Gasteiger partial charge in [-0.1, -0.05) is 12.1 Å². The maximum atomic E-state index is 13.7. The molecule has 1 atom stereocenters. The van der Waals surface area contributed by atoms with Crippen LogP contribution in [0.2, 0.25) is 0 Å². The van der Waals surface area contributed by atoms with Gasteiger partial charge < -0.3 is 19.5 Å². The van der Waals surface area contributed by atoms with E-state index >= 15 is 0 Å². The van der Waals surface area contributed by atoms with E-state index in [1.54, 1.807) is 24.3 Å². The summed E-state index contributed by atoms with van der Waals surface area (Å²) in [4.78, 5) is 24.2. The summed E-state index contributed by atoms with van der Waals surface area (Å²) in [5, 5.41) is 2.61. The van der Waals surface area contributed by atoms with Crippen molar-refractivity contribution in [2.24, 2.45) is 0 Å². The summed E-state index contributed by atoms with van der Waals surface area (Å²) < 4.78 is 28.6. The van der Waals surface area contributed by atoms with Crippen LogP contribution in [-0.4, -0.2) is 32.2 Å². The average Bonchev–Trinajstić information content (AvgIpc) is 2.61. The van der Waals surface area contributed by atoms with E-state index in [0.717, 1.165) is 6.07 Å². The molecule has 0 unspecified atom stereocenters. The molecule has 25 heavy (non-hydrogen) atoms. The van der Waals surface area contributed by atoms with Gasteiger partial charge in [0.1, 0.15) is 5.75 Å². The van der Waals surface area contributed by atoms with Crippen LogP contribution in [0.5, 0.6) is 11.5 Å². The van der Waals surface area contributed by atoms with Crippen LogP contribution < -0.4 is 14.8 Å². The van der Waals surface area contributed by atoms with Crippen molar-refractivity contribution in [2.45, 2.75) is 13.0 Å². The van der Waals surface area contributed by atoms with E-state index in [9.17, 15) is 14.0 Å². The predicted molar refractivity (Wildman–Crippen MR) is 89.5 cm³/mol. The number of nitrogens with one attached hydrogen (secondary N) is 1. The van der Waals surface area contributed by atoms with Gasteiger partial charge in [0.25, 0.3) is 5.91 Å². The van der Waals surface area contributed by atoms with E-state index in [0.29, 0.717) is 11.4 Å². The number of esters is 1. The molecule has 2 rings (SSSR count). The van der Waals surface area contributed by atoms with Crippen LogP contribution in [0.25, 0.3) is 0 Å². The molecule has 6 nitrogen and oxygen atoms in total. The maximum Gasteiger partial charge on any atom is 0.339 e. The van der Waals surface area contributed by atoms with Crippen LogP contribution in [0.15, 0.2) is 42.5 Å². The van der Waals surface area contributed by atoms with Gasteiger partial charge in [0.15, 0.2) is 17.7 Å². The zero-order valence-electron chi connectivity index (χ0n) is 14.0. The van der Waals surface area contributed by atoms with Crippen LogP contribution in [0, 0.1) is 5.82 Å². The van der Waals surface area contributed by atoms with Gasteiger partial charge in [-0.2, -0.15) is 0 Å². The molecule has 0 saturated heterocycles. The van der Waals surface area contributed by atoms with Gasteiger partial charge in [-0.3, -0.25) is 4.79 Å². The van der Waals surface area contributed by atoms with Gasteiger partial charge >= 0.3 is 5.97 Å². The molecule has 7 heteroatoms. The van der Waals surface area contributed by atoms with Gasteiger partial charge in [0.2, 0.25) is 0 Å². The molecule has 0 fully saturated rings. The van der Waals surface area contributed by atoms with Crippen LogP contribution >= 0.6 is 0 Å². The van der Waals surface area contributed by atoms with Gasteiger partial charge in [-0.25, -0.2) is 9.18 Å². The Labute approximate surface area is 144 Å². The van der Waals surface area contributed by atoms with Crippen LogP contribution in [0.3, 0.4) is 0 Å². The predicted octanol–water partition coefficient (Wildman–Crippen LogP) is 3.03. The van der Waals surface area contributed by atoms with Crippen molar-refractivity contribution in [1.82, 2.24) is 0 Å². The molecule has 2 aromatic rings. The van der Waals surface area contributed by atoms with Crippen molar-refractivity contribution >= 4 is 17.6 Å². The van der Waals surface area contributed by atoms with Crippen molar-refractivity contribution in [3.8, 4) is 11.5 Å². The molecule has 0 aliphatic heterocycles. The number of para-hydroxylation sites is 2. The molecule has 1 N–H and O–H groups in total. The molecule has 2 aromatic carbocycles. The van der Waals surface area contributed by atoms with Gasteiger partial charge in [-0.15, -0.1) is 0 Å². The number of hydrogen-bond donors (Lipinski definition) is 1. The van der Waals surface area contributed by atoms with E-state index in [-0.39, 0.29) is 11.3 Å². The molecule has 0 radical (unpaired) electrons. The Morgan fingerprint density at radius 3 is 2.36 bits per heavy atom. The lowest BCUT2D eigenvalue weighted by Gasteiger charge is -2.15. The number of methoxy groups -OCH3 is 2. The topological polar surface area (TPSA) is 73.9 Å². The van der Waals surface area contributed by atoms with Gasteiger partial charge in [0.05, 0.1) is 25.5 Å². The Morgan fingerprint density at radius 2 is 1.72 bits per heavy atom. The second-order valence-corrected chi connectivity index (χ2v) is 5.09. The van der Waals surface area contributed by atoms with Gasteiger partial charge in [0, 0.05) is 0 Å². The number of benzene rings is 2.